The van der Waals surface area contributed by atoms with Gasteiger partial charge in [0.15, 0.2) is 0 Å². The highest BCUT2D eigenvalue weighted by Gasteiger charge is 2.23. The molecule has 158 valence electrons. The average Bonchev–Trinajstić information content (AvgIpc) is 3.25. The van der Waals surface area contributed by atoms with Crippen LogP contribution >= 0.6 is 0 Å². The van der Waals surface area contributed by atoms with Crippen molar-refractivity contribution in [1.82, 2.24) is 4.90 Å². The summed E-state index contributed by atoms with van der Waals surface area (Å²) in [5, 5.41) is 5.73. The Kier molecular flexibility index (Phi) is 6.90. The van der Waals surface area contributed by atoms with Gasteiger partial charge in [-0.25, -0.2) is 0 Å². The second-order valence-electron chi connectivity index (χ2n) is 7.86. The van der Waals surface area contributed by atoms with E-state index in [2.05, 4.69) is 46.7 Å². The zero-order valence-electron chi connectivity index (χ0n) is 18.1. The molecule has 1 aliphatic rings. The van der Waals surface area contributed by atoms with Crippen LogP contribution in [0.4, 0.5) is 17.1 Å². The molecule has 0 bridgehead atoms. The lowest BCUT2D eigenvalue weighted by molar-refractivity contribution is -0.112. The van der Waals surface area contributed by atoms with Crippen LogP contribution in [0.1, 0.15) is 30.6 Å². The highest BCUT2D eigenvalue weighted by Crippen LogP contribution is 2.24. The lowest BCUT2D eigenvalue weighted by Crippen LogP contribution is -2.31. The first kappa shape index (κ1) is 21.6. The molecule has 0 aromatic heterocycles. The molecule has 2 aromatic carbocycles. The number of rotatable bonds is 6. The van der Waals surface area contributed by atoms with E-state index in [-0.39, 0.29) is 11.8 Å². The number of allylic oxidation sites excluding steroid dienone is 1. The zero-order chi connectivity index (χ0) is 21.7. The predicted octanol–water partition coefficient (Wildman–Crippen LogP) is 3.98. The first-order chi connectivity index (χ1) is 14.4. The topological polar surface area (TPSA) is 64.7 Å². The van der Waals surface area contributed by atoms with E-state index in [1.54, 1.807) is 37.3 Å². The van der Waals surface area contributed by atoms with Crippen LogP contribution in [0.5, 0.6) is 0 Å². The SMILES string of the molecule is C/C=C(\C)C(=O)Nc1ccc(C(=O)Nc2ccc(N3CCC(N(C)C)C3)cc2)cc1. The van der Waals surface area contributed by atoms with E-state index < -0.39 is 0 Å². The van der Waals surface area contributed by atoms with Gasteiger partial charge in [0.1, 0.15) is 0 Å². The first-order valence-electron chi connectivity index (χ1n) is 10.2. The number of hydrogen-bond donors (Lipinski definition) is 2. The summed E-state index contributed by atoms with van der Waals surface area (Å²) in [4.78, 5) is 29.1. The Labute approximate surface area is 178 Å². The van der Waals surface area contributed by atoms with Crippen LogP contribution in [0, 0.1) is 0 Å². The highest BCUT2D eigenvalue weighted by atomic mass is 16.2. The minimum absolute atomic E-state index is 0.148. The average molecular weight is 407 g/mol. The molecule has 6 heteroatoms. The Balaban J connectivity index is 1.57. The molecule has 1 fully saturated rings. The lowest BCUT2D eigenvalue weighted by Gasteiger charge is -2.22. The molecule has 0 saturated carbocycles. The minimum Gasteiger partial charge on any atom is -0.370 e. The second-order valence-corrected chi connectivity index (χ2v) is 7.86. The number of likely N-dealkylation sites (N-methyl/N-ethyl adjacent to an activating group) is 1. The molecule has 2 N–H and O–H groups in total. The van der Waals surface area contributed by atoms with Crippen molar-refractivity contribution in [3.05, 3.63) is 65.7 Å². The van der Waals surface area contributed by atoms with Gasteiger partial charge in [0.2, 0.25) is 0 Å². The second kappa shape index (κ2) is 9.59. The van der Waals surface area contributed by atoms with E-state index in [4.69, 9.17) is 0 Å². The summed E-state index contributed by atoms with van der Waals surface area (Å²) in [7, 11) is 4.24. The lowest BCUT2D eigenvalue weighted by atomic mass is 10.1. The minimum atomic E-state index is -0.181. The number of anilines is 3. The quantitative estimate of drug-likeness (QED) is 0.712. The maximum atomic E-state index is 12.5. The van der Waals surface area contributed by atoms with Gasteiger partial charge in [-0.1, -0.05) is 6.08 Å². The fourth-order valence-electron chi connectivity index (χ4n) is 3.42. The summed E-state index contributed by atoms with van der Waals surface area (Å²) in [5.41, 5.74) is 3.77. The fraction of sp³-hybridized carbons (Fsp3) is 0.333. The molecule has 3 rings (SSSR count). The van der Waals surface area contributed by atoms with Gasteiger partial charge in [-0.3, -0.25) is 9.59 Å². The molecular formula is C24H30N4O2. The maximum absolute atomic E-state index is 12.5. The molecule has 1 saturated heterocycles. The van der Waals surface area contributed by atoms with Gasteiger partial charge < -0.3 is 20.4 Å². The number of amides is 2. The number of carbonyl (C=O) groups is 2. The Morgan fingerprint density at radius 1 is 1.00 bits per heavy atom. The molecule has 1 aliphatic heterocycles. The van der Waals surface area contributed by atoms with Gasteiger partial charge in [-0.2, -0.15) is 0 Å². The van der Waals surface area contributed by atoms with E-state index in [9.17, 15) is 9.59 Å². The van der Waals surface area contributed by atoms with E-state index in [0.29, 0.717) is 22.9 Å². The molecule has 30 heavy (non-hydrogen) atoms. The number of hydrogen-bond acceptors (Lipinski definition) is 4. The summed E-state index contributed by atoms with van der Waals surface area (Å²) >= 11 is 0. The van der Waals surface area contributed by atoms with Gasteiger partial charge in [-0.15, -0.1) is 0 Å². The maximum Gasteiger partial charge on any atom is 0.255 e. The van der Waals surface area contributed by atoms with Gasteiger partial charge in [0, 0.05) is 47.3 Å². The van der Waals surface area contributed by atoms with Crippen molar-refractivity contribution in [2.24, 2.45) is 0 Å². The van der Waals surface area contributed by atoms with Gasteiger partial charge in [0.05, 0.1) is 0 Å². The van der Waals surface area contributed by atoms with Gasteiger partial charge in [0.25, 0.3) is 11.8 Å². The van der Waals surface area contributed by atoms with Crippen molar-refractivity contribution in [1.29, 1.82) is 0 Å². The van der Waals surface area contributed by atoms with Crippen molar-refractivity contribution in [3.8, 4) is 0 Å². The monoisotopic (exact) mass is 406 g/mol. The fourth-order valence-corrected chi connectivity index (χ4v) is 3.42. The number of nitrogens with one attached hydrogen (secondary N) is 2. The van der Waals surface area contributed by atoms with E-state index in [1.165, 1.54) is 5.69 Å². The van der Waals surface area contributed by atoms with E-state index in [1.807, 2.05) is 19.1 Å². The standard InChI is InChI=1S/C24H30N4O2/c1-5-17(2)23(29)25-19-8-6-18(7-9-19)24(30)26-20-10-12-21(13-11-20)28-15-14-22(16-28)27(3)4/h5-13,22H,14-16H2,1-4H3,(H,25,29)(H,26,30)/b17-5+. The molecule has 6 nitrogen and oxygen atoms in total. The third kappa shape index (κ3) is 5.27. The summed E-state index contributed by atoms with van der Waals surface area (Å²) in [6.45, 7) is 5.65. The molecule has 0 spiro atoms. The Morgan fingerprint density at radius 2 is 1.60 bits per heavy atom. The molecule has 1 unspecified atom stereocenters. The Morgan fingerprint density at radius 3 is 2.17 bits per heavy atom. The summed E-state index contributed by atoms with van der Waals surface area (Å²) < 4.78 is 0. The van der Waals surface area contributed by atoms with Crippen LogP contribution in [0.3, 0.4) is 0 Å². The molecule has 2 aromatic rings. The van der Waals surface area contributed by atoms with Gasteiger partial charge in [-0.05, 0) is 82.9 Å². The van der Waals surface area contributed by atoms with Crippen molar-refractivity contribution < 1.29 is 9.59 Å². The van der Waals surface area contributed by atoms with E-state index in [0.717, 1.165) is 25.2 Å². The zero-order valence-corrected chi connectivity index (χ0v) is 18.1. The molecule has 1 atom stereocenters. The van der Waals surface area contributed by atoms with Crippen molar-refractivity contribution >= 4 is 28.9 Å². The van der Waals surface area contributed by atoms with Crippen molar-refractivity contribution in [3.63, 3.8) is 0 Å². The Hall–Kier alpha value is -3.12. The predicted molar refractivity (Wildman–Crippen MR) is 123 cm³/mol. The third-order valence-corrected chi connectivity index (χ3v) is 5.58. The van der Waals surface area contributed by atoms with Crippen molar-refractivity contribution in [2.45, 2.75) is 26.3 Å². The smallest absolute Gasteiger partial charge is 0.255 e. The number of benzene rings is 2. The molecular weight excluding hydrogens is 376 g/mol. The normalized spacial score (nSPS) is 16.6. The van der Waals surface area contributed by atoms with Crippen LogP contribution in [0.2, 0.25) is 0 Å². The largest absolute Gasteiger partial charge is 0.370 e. The molecule has 0 aliphatic carbocycles. The van der Waals surface area contributed by atoms with Crippen LogP contribution in [0.15, 0.2) is 60.2 Å². The Bertz CT molecular complexity index is 917. The summed E-state index contributed by atoms with van der Waals surface area (Å²) in [6.07, 6.45) is 2.92. The van der Waals surface area contributed by atoms with Crippen LogP contribution in [-0.4, -0.2) is 49.9 Å². The highest BCUT2D eigenvalue weighted by molar-refractivity contribution is 6.06. The van der Waals surface area contributed by atoms with Crippen molar-refractivity contribution in [2.75, 3.05) is 42.7 Å². The first-order valence-corrected chi connectivity index (χ1v) is 10.2. The van der Waals surface area contributed by atoms with Crippen LogP contribution in [0.25, 0.3) is 0 Å². The number of nitrogens with zero attached hydrogens (tertiary/aromatic N) is 2. The summed E-state index contributed by atoms with van der Waals surface area (Å²) in [6, 6.07) is 15.4. The van der Waals surface area contributed by atoms with Crippen LogP contribution < -0.4 is 15.5 Å². The van der Waals surface area contributed by atoms with E-state index >= 15 is 0 Å². The molecule has 2 amide bonds. The third-order valence-electron chi connectivity index (χ3n) is 5.58. The van der Waals surface area contributed by atoms with Crippen LogP contribution in [-0.2, 0) is 4.79 Å². The number of carbonyl (C=O) groups excluding carboxylic acids is 2. The van der Waals surface area contributed by atoms with Gasteiger partial charge >= 0.3 is 0 Å². The molecule has 0 radical (unpaired) electrons. The molecule has 1 heterocycles. The summed E-state index contributed by atoms with van der Waals surface area (Å²) in [5.74, 6) is -0.330.